The molecular formula is C11H13F3N2O2S. The Bertz CT molecular complexity index is 457. The molecule has 0 spiro atoms. The number of thiazole rings is 1. The summed E-state index contributed by atoms with van der Waals surface area (Å²) < 4.78 is 42.3. The van der Waals surface area contributed by atoms with Gasteiger partial charge < -0.3 is 9.64 Å². The highest BCUT2D eigenvalue weighted by Crippen LogP contribution is 2.35. The average Bonchev–Trinajstić information content (AvgIpc) is 3.02. The molecule has 4 nitrogen and oxygen atoms in total. The fourth-order valence-electron chi connectivity index (χ4n) is 1.63. The monoisotopic (exact) mass is 294 g/mol. The van der Waals surface area contributed by atoms with Crippen LogP contribution in [-0.4, -0.2) is 36.3 Å². The first-order valence-corrected chi connectivity index (χ1v) is 6.74. The molecule has 0 bridgehead atoms. The quantitative estimate of drug-likeness (QED) is 0.783. The highest BCUT2D eigenvalue weighted by Gasteiger charge is 2.39. The lowest BCUT2D eigenvalue weighted by atomic mass is 10.5. The number of rotatable bonds is 5. The normalized spacial score (nSPS) is 15.4. The van der Waals surface area contributed by atoms with Crippen molar-refractivity contribution in [3.05, 3.63) is 11.1 Å². The van der Waals surface area contributed by atoms with Crippen molar-refractivity contribution in [3.63, 3.8) is 0 Å². The Hall–Kier alpha value is -1.31. The van der Waals surface area contributed by atoms with Gasteiger partial charge in [0.15, 0.2) is 10.8 Å². The van der Waals surface area contributed by atoms with Crippen LogP contribution in [0, 0.1) is 0 Å². The molecule has 1 fully saturated rings. The molecule has 0 aliphatic heterocycles. The Balaban J connectivity index is 2.12. The number of hydrogen-bond donors (Lipinski definition) is 0. The van der Waals surface area contributed by atoms with Gasteiger partial charge in [-0.1, -0.05) is 0 Å². The third kappa shape index (κ3) is 3.82. The van der Waals surface area contributed by atoms with Gasteiger partial charge in [0.1, 0.15) is 6.54 Å². The van der Waals surface area contributed by atoms with E-state index < -0.39 is 18.7 Å². The summed E-state index contributed by atoms with van der Waals surface area (Å²) in [5.41, 5.74) is 0.0645. The van der Waals surface area contributed by atoms with Crippen molar-refractivity contribution in [2.45, 2.75) is 32.0 Å². The zero-order valence-electron chi connectivity index (χ0n) is 10.2. The maximum absolute atomic E-state index is 12.5. The van der Waals surface area contributed by atoms with Crippen LogP contribution in [0.15, 0.2) is 5.38 Å². The van der Waals surface area contributed by atoms with E-state index in [4.69, 9.17) is 4.74 Å². The summed E-state index contributed by atoms with van der Waals surface area (Å²) in [6.07, 6.45) is -2.83. The number of alkyl halides is 3. The lowest BCUT2D eigenvalue weighted by molar-refractivity contribution is -0.120. The summed E-state index contributed by atoms with van der Waals surface area (Å²) in [5.74, 6) is -0.604. The standard InChI is InChI=1S/C11H13F3N2O2S/c1-2-18-9(17)8-5-19-10(15-8)16(7-3-4-7)6-11(12,13)14/h5,7H,2-4,6H2,1H3. The molecule has 0 radical (unpaired) electrons. The van der Waals surface area contributed by atoms with Gasteiger partial charge in [-0.25, -0.2) is 9.78 Å². The van der Waals surface area contributed by atoms with Gasteiger partial charge in [-0.3, -0.25) is 0 Å². The zero-order valence-corrected chi connectivity index (χ0v) is 11.1. The molecule has 106 valence electrons. The van der Waals surface area contributed by atoms with Crippen molar-refractivity contribution in [3.8, 4) is 0 Å². The van der Waals surface area contributed by atoms with E-state index >= 15 is 0 Å². The number of ether oxygens (including phenoxy) is 1. The van der Waals surface area contributed by atoms with E-state index in [1.807, 2.05) is 0 Å². The van der Waals surface area contributed by atoms with Gasteiger partial charge in [-0.2, -0.15) is 13.2 Å². The Morgan fingerprint density at radius 2 is 2.26 bits per heavy atom. The first kappa shape index (κ1) is 14.1. The summed E-state index contributed by atoms with van der Waals surface area (Å²) in [5, 5.41) is 1.65. The van der Waals surface area contributed by atoms with Gasteiger partial charge in [-0.05, 0) is 19.8 Å². The SMILES string of the molecule is CCOC(=O)c1csc(N(CC(F)(F)F)C2CC2)n1. The first-order valence-electron chi connectivity index (χ1n) is 5.86. The molecule has 1 heterocycles. The third-order valence-corrected chi connectivity index (χ3v) is 3.44. The molecule has 8 heteroatoms. The van der Waals surface area contributed by atoms with E-state index in [0.29, 0.717) is 0 Å². The van der Waals surface area contributed by atoms with Crippen molar-refractivity contribution >= 4 is 22.4 Å². The fourth-order valence-corrected chi connectivity index (χ4v) is 2.49. The van der Waals surface area contributed by atoms with Gasteiger partial charge in [0, 0.05) is 11.4 Å². The lowest BCUT2D eigenvalue weighted by Gasteiger charge is -2.22. The Morgan fingerprint density at radius 1 is 1.58 bits per heavy atom. The Morgan fingerprint density at radius 3 is 2.79 bits per heavy atom. The van der Waals surface area contributed by atoms with E-state index in [1.165, 1.54) is 10.3 Å². The number of carbonyl (C=O) groups is 1. The summed E-state index contributed by atoms with van der Waals surface area (Å²) in [7, 11) is 0. The molecule has 0 aromatic carbocycles. The minimum Gasteiger partial charge on any atom is -0.461 e. The molecule has 0 atom stereocenters. The molecule has 1 aliphatic carbocycles. The highest BCUT2D eigenvalue weighted by atomic mass is 32.1. The van der Waals surface area contributed by atoms with Gasteiger partial charge in [0.2, 0.25) is 0 Å². The predicted molar refractivity (Wildman–Crippen MR) is 64.5 cm³/mol. The van der Waals surface area contributed by atoms with Crippen LogP contribution in [0.3, 0.4) is 0 Å². The molecule has 19 heavy (non-hydrogen) atoms. The summed E-state index contributed by atoms with van der Waals surface area (Å²) in [6.45, 7) is 0.833. The fraction of sp³-hybridized carbons (Fsp3) is 0.636. The second kappa shape index (κ2) is 5.36. The molecule has 1 aliphatic rings. The van der Waals surface area contributed by atoms with Crippen molar-refractivity contribution < 1.29 is 22.7 Å². The first-order chi connectivity index (χ1) is 8.90. The number of anilines is 1. The second-order valence-electron chi connectivity index (χ2n) is 4.21. The second-order valence-corrected chi connectivity index (χ2v) is 5.05. The largest absolute Gasteiger partial charge is 0.461 e. The van der Waals surface area contributed by atoms with Gasteiger partial charge in [-0.15, -0.1) is 11.3 Å². The predicted octanol–water partition coefficient (Wildman–Crippen LogP) is 2.85. The van der Waals surface area contributed by atoms with Crippen LogP contribution in [0.4, 0.5) is 18.3 Å². The zero-order chi connectivity index (χ0) is 14.0. The number of nitrogens with zero attached hydrogens (tertiary/aromatic N) is 2. The van der Waals surface area contributed by atoms with Crippen LogP contribution in [0.5, 0.6) is 0 Å². The van der Waals surface area contributed by atoms with Crippen LogP contribution in [0.25, 0.3) is 0 Å². The third-order valence-electron chi connectivity index (χ3n) is 2.56. The molecule has 0 amide bonds. The van der Waals surface area contributed by atoms with Crippen LogP contribution in [0.2, 0.25) is 0 Å². The number of halogens is 3. The molecule has 2 rings (SSSR count). The number of carbonyl (C=O) groups excluding carboxylic acids is 1. The van der Waals surface area contributed by atoms with E-state index in [1.54, 1.807) is 6.92 Å². The molecule has 0 saturated heterocycles. The maximum atomic E-state index is 12.5. The van der Waals surface area contributed by atoms with E-state index in [-0.39, 0.29) is 23.5 Å². The molecule has 1 aromatic rings. The van der Waals surface area contributed by atoms with Gasteiger partial charge >= 0.3 is 12.1 Å². The van der Waals surface area contributed by atoms with E-state index in [2.05, 4.69) is 4.98 Å². The van der Waals surface area contributed by atoms with Crippen LogP contribution in [0.1, 0.15) is 30.3 Å². The van der Waals surface area contributed by atoms with Gasteiger partial charge in [0.25, 0.3) is 0 Å². The van der Waals surface area contributed by atoms with Crippen molar-refractivity contribution in [2.24, 2.45) is 0 Å². The molecule has 1 aromatic heterocycles. The van der Waals surface area contributed by atoms with Crippen LogP contribution < -0.4 is 4.90 Å². The Kier molecular flexibility index (Phi) is 3.98. The number of aromatic nitrogens is 1. The smallest absolute Gasteiger partial charge is 0.406 e. The molecule has 0 N–H and O–H groups in total. The van der Waals surface area contributed by atoms with Crippen LogP contribution >= 0.6 is 11.3 Å². The number of hydrogen-bond acceptors (Lipinski definition) is 5. The van der Waals surface area contributed by atoms with Crippen molar-refractivity contribution in [1.82, 2.24) is 4.98 Å². The highest BCUT2D eigenvalue weighted by molar-refractivity contribution is 7.13. The summed E-state index contributed by atoms with van der Waals surface area (Å²) in [4.78, 5) is 16.6. The minimum absolute atomic E-state index is 0.0645. The maximum Gasteiger partial charge on any atom is 0.406 e. The van der Waals surface area contributed by atoms with Crippen molar-refractivity contribution in [2.75, 3.05) is 18.1 Å². The van der Waals surface area contributed by atoms with Gasteiger partial charge in [0.05, 0.1) is 6.61 Å². The molecular weight excluding hydrogens is 281 g/mol. The molecule has 0 unspecified atom stereocenters. The average molecular weight is 294 g/mol. The van der Waals surface area contributed by atoms with E-state index in [0.717, 1.165) is 24.2 Å². The topological polar surface area (TPSA) is 42.4 Å². The summed E-state index contributed by atoms with van der Waals surface area (Å²) in [6, 6.07) is -0.122. The minimum atomic E-state index is -4.28. The van der Waals surface area contributed by atoms with Crippen LogP contribution in [-0.2, 0) is 4.74 Å². The summed E-state index contributed by atoms with van der Waals surface area (Å²) >= 11 is 1.03. The molecule has 1 saturated carbocycles. The Labute approximate surface area is 112 Å². The number of esters is 1. The lowest BCUT2D eigenvalue weighted by Crippen LogP contribution is -2.36. The van der Waals surface area contributed by atoms with Crippen molar-refractivity contribution in [1.29, 1.82) is 0 Å². The van der Waals surface area contributed by atoms with E-state index in [9.17, 15) is 18.0 Å².